The molecule has 0 spiro atoms. The summed E-state index contributed by atoms with van der Waals surface area (Å²) in [6.07, 6.45) is 1.65. The Kier molecular flexibility index (Phi) is 10.7. The highest BCUT2D eigenvalue weighted by molar-refractivity contribution is 5.94. The van der Waals surface area contributed by atoms with Crippen LogP contribution >= 0.6 is 0 Å². The molecule has 1 heterocycles. The maximum atomic E-state index is 13.0. The minimum Gasteiger partial charge on any atom is -0.480 e. The van der Waals surface area contributed by atoms with Crippen LogP contribution in [0.3, 0.4) is 0 Å². The van der Waals surface area contributed by atoms with Crippen LogP contribution in [0.15, 0.2) is 12.5 Å². The predicted molar refractivity (Wildman–Crippen MR) is 112 cm³/mol. The van der Waals surface area contributed by atoms with Crippen LogP contribution in [-0.4, -0.2) is 85.9 Å². The lowest BCUT2D eigenvalue weighted by molar-refractivity contribution is -0.145. The minimum atomic E-state index is -1.56. The number of aliphatic hydroxyl groups is 2. The van der Waals surface area contributed by atoms with Gasteiger partial charge in [0.25, 0.3) is 0 Å². The molecule has 0 radical (unpaired) electrons. The van der Waals surface area contributed by atoms with E-state index in [-0.39, 0.29) is 18.8 Å². The van der Waals surface area contributed by atoms with Crippen molar-refractivity contribution in [3.63, 3.8) is 0 Å². The molecule has 13 nitrogen and oxygen atoms in total. The lowest BCUT2D eigenvalue weighted by atomic mass is 10.0. The van der Waals surface area contributed by atoms with Gasteiger partial charge in [0.2, 0.25) is 17.7 Å². The summed E-state index contributed by atoms with van der Waals surface area (Å²) in [7, 11) is 0. The van der Waals surface area contributed by atoms with Crippen molar-refractivity contribution < 1.29 is 34.5 Å². The summed E-state index contributed by atoms with van der Waals surface area (Å²) in [5.74, 6) is -3.76. The molecule has 0 aromatic carbocycles. The summed E-state index contributed by atoms with van der Waals surface area (Å²) in [5.41, 5.74) is 6.03. The number of rotatable bonds is 13. The molecule has 5 atom stereocenters. The molecule has 1 aromatic rings. The highest BCUT2D eigenvalue weighted by atomic mass is 16.4. The summed E-state index contributed by atoms with van der Waals surface area (Å²) in [6.45, 7) is 4.20. The Morgan fingerprint density at radius 1 is 1.06 bits per heavy atom. The smallest absolute Gasteiger partial charge is 0.328 e. The Hall–Kier alpha value is -3.03. The van der Waals surface area contributed by atoms with Gasteiger partial charge in [-0.2, -0.15) is 0 Å². The van der Waals surface area contributed by atoms with Crippen molar-refractivity contribution in [2.24, 2.45) is 11.7 Å². The lowest BCUT2D eigenvalue weighted by Gasteiger charge is -2.26. The predicted octanol–water partition coefficient (Wildman–Crippen LogP) is -2.76. The number of nitrogens with one attached hydrogen (secondary N) is 4. The second-order valence-electron chi connectivity index (χ2n) is 7.89. The summed E-state index contributed by atoms with van der Waals surface area (Å²) >= 11 is 0. The molecule has 0 saturated carbocycles. The molecule has 1 aromatic heterocycles. The van der Waals surface area contributed by atoms with E-state index in [0.29, 0.717) is 5.69 Å². The van der Waals surface area contributed by atoms with E-state index in [1.165, 1.54) is 19.4 Å². The highest BCUT2D eigenvalue weighted by Gasteiger charge is 2.32. The van der Waals surface area contributed by atoms with Gasteiger partial charge >= 0.3 is 5.97 Å². The molecule has 3 amide bonds. The zero-order valence-corrected chi connectivity index (χ0v) is 18.2. The van der Waals surface area contributed by atoms with Gasteiger partial charge in [0, 0.05) is 18.3 Å². The summed E-state index contributed by atoms with van der Waals surface area (Å²) < 4.78 is 0. The van der Waals surface area contributed by atoms with Crippen LogP contribution in [0.4, 0.5) is 0 Å². The first-order valence-corrected chi connectivity index (χ1v) is 10.1. The molecule has 32 heavy (non-hydrogen) atoms. The fourth-order valence-corrected chi connectivity index (χ4v) is 2.80. The van der Waals surface area contributed by atoms with Crippen LogP contribution in [0.1, 0.15) is 32.9 Å². The molecular formula is C19H32N6O7. The Labute approximate surface area is 185 Å². The third-order valence-corrected chi connectivity index (χ3v) is 4.53. The number of amides is 3. The maximum Gasteiger partial charge on any atom is 0.328 e. The molecule has 0 aliphatic carbocycles. The van der Waals surface area contributed by atoms with Gasteiger partial charge in [-0.1, -0.05) is 13.8 Å². The molecule has 0 bridgehead atoms. The third kappa shape index (κ3) is 8.61. The molecule has 13 heteroatoms. The number of aliphatic hydroxyl groups excluding tert-OH is 2. The molecule has 1 rings (SSSR count). The van der Waals surface area contributed by atoms with Crippen LogP contribution in [0.25, 0.3) is 0 Å². The van der Waals surface area contributed by atoms with Gasteiger partial charge in [-0.3, -0.25) is 14.4 Å². The molecule has 5 unspecified atom stereocenters. The normalized spacial score (nSPS) is 15.8. The third-order valence-electron chi connectivity index (χ3n) is 4.53. The number of nitrogens with zero attached hydrogens (tertiary/aromatic N) is 1. The molecular weight excluding hydrogens is 424 g/mol. The molecule has 0 saturated heterocycles. The number of H-pyrrole nitrogens is 1. The zero-order valence-electron chi connectivity index (χ0n) is 18.2. The number of aliphatic carboxylic acids is 1. The van der Waals surface area contributed by atoms with E-state index >= 15 is 0 Å². The molecule has 0 aliphatic heterocycles. The van der Waals surface area contributed by atoms with Crippen molar-refractivity contribution in [2.45, 2.75) is 63.9 Å². The average Bonchev–Trinajstić information content (AvgIpc) is 3.22. The van der Waals surface area contributed by atoms with E-state index in [1.54, 1.807) is 13.8 Å². The lowest BCUT2D eigenvalue weighted by Crippen LogP contribution is -2.59. The number of nitrogens with two attached hydrogens (primary N) is 1. The van der Waals surface area contributed by atoms with Crippen molar-refractivity contribution in [3.8, 4) is 0 Å². The van der Waals surface area contributed by atoms with E-state index in [4.69, 9.17) is 10.8 Å². The van der Waals surface area contributed by atoms with Crippen LogP contribution in [0.2, 0.25) is 0 Å². The van der Waals surface area contributed by atoms with E-state index < -0.39 is 60.6 Å². The minimum absolute atomic E-state index is 0.00281. The van der Waals surface area contributed by atoms with Gasteiger partial charge in [0.1, 0.15) is 18.1 Å². The second-order valence-corrected chi connectivity index (χ2v) is 7.89. The van der Waals surface area contributed by atoms with E-state index in [1.807, 2.05) is 0 Å². The average molecular weight is 457 g/mol. The van der Waals surface area contributed by atoms with Gasteiger partial charge < -0.3 is 42.0 Å². The Morgan fingerprint density at radius 3 is 2.12 bits per heavy atom. The zero-order chi connectivity index (χ0) is 24.4. The summed E-state index contributed by atoms with van der Waals surface area (Å²) in [6, 6.07) is -5.09. The molecule has 0 fully saturated rings. The first kappa shape index (κ1) is 27.0. The topological polar surface area (TPSA) is 220 Å². The van der Waals surface area contributed by atoms with Gasteiger partial charge in [-0.05, 0) is 19.3 Å². The fourth-order valence-electron chi connectivity index (χ4n) is 2.80. The number of imidazole rings is 1. The van der Waals surface area contributed by atoms with E-state index in [9.17, 15) is 29.4 Å². The number of carbonyl (C=O) groups is 4. The number of carboxylic acid groups (broad SMARTS) is 1. The van der Waals surface area contributed by atoms with Crippen LogP contribution < -0.4 is 21.7 Å². The van der Waals surface area contributed by atoms with Crippen molar-refractivity contribution >= 4 is 23.7 Å². The van der Waals surface area contributed by atoms with Crippen LogP contribution in [0.5, 0.6) is 0 Å². The van der Waals surface area contributed by atoms with E-state index in [0.717, 1.165) is 0 Å². The number of carboxylic acids is 1. The van der Waals surface area contributed by atoms with Gasteiger partial charge in [-0.25, -0.2) is 9.78 Å². The number of aromatic nitrogens is 2. The van der Waals surface area contributed by atoms with Crippen LogP contribution in [-0.2, 0) is 25.6 Å². The quantitative estimate of drug-likeness (QED) is 0.154. The number of carbonyl (C=O) groups excluding carboxylic acids is 3. The van der Waals surface area contributed by atoms with Crippen molar-refractivity contribution in [1.29, 1.82) is 0 Å². The van der Waals surface area contributed by atoms with E-state index in [2.05, 4.69) is 25.9 Å². The fraction of sp³-hybridized carbons (Fsp3) is 0.632. The maximum absolute atomic E-state index is 13.0. The molecule has 0 aliphatic rings. The Balaban J connectivity index is 3.03. The number of aromatic amines is 1. The summed E-state index contributed by atoms with van der Waals surface area (Å²) in [4.78, 5) is 55.7. The van der Waals surface area contributed by atoms with Crippen molar-refractivity contribution in [1.82, 2.24) is 25.9 Å². The van der Waals surface area contributed by atoms with Crippen LogP contribution in [0, 0.1) is 5.92 Å². The SMILES string of the molecule is CC(C)CC(NC(=O)C(Cc1cnc[nH]1)NC(=O)C(N)CO)C(=O)NC(C(=O)O)C(C)O. The van der Waals surface area contributed by atoms with Gasteiger partial charge in [0.15, 0.2) is 6.04 Å². The number of hydrogen-bond acceptors (Lipinski definition) is 8. The number of hydrogen-bond donors (Lipinski definition) is 8. The molecule has 180 valence electrons. The van der Waals surface area contributed by atoms with Crippen molar-refractivity contribution in [2.75, 3.05) is 6.61 Å². The second kappa shape index (κ2) is 12.7. The monoisotopic (exact) mass is 456 g/mol. The van der Waals surface area contributed by atoms with Gasteiger partial charge in [0.05, 0.1) is 19.0 Å². The van der Waals surface area contributed by atoms with Crippen molar-refractivity contribution in [3.05, 3.63) is 18.2 Å². The van der Waals surface area contributed by atoms with Gasteiger partial charge in [-0.15, -0.1) is 0 Å². The Bertz CT molecular complexity index is 768. The first-order valence-electron chi connectivity index (χ1n) is 10.1. The Morgan fingerprint density at radius 2 is 1.66 bits per heavy atom. The molecule has 9 N–H and O–H groups in total. The first-order chi connectivity index (χ1) is 15.0. The highest BCUT2D eigenvalue weighted by Crippen LogP contribution is 2.08. The summed E-state index contributed by atoms with van der Waals surface area (Å²) in [5, 5.41) is 35.1. The largest absolute Gasteiger partial charge is 0.480 e. The standard InChI is InChI=1S/C19H32N6O7/c1-9(2)4-13(18(30)25-15(10(3)27)19(31)32)24-17(29)14(5-11-6-21-8-22-11)23-16(28)12(20)7-26/h6,8-10,12-15,26-27H,4-5,7,20H2,1-3H3,(H,21,22)(H,23,28)(H,24,29)(H,25,30)(H,31,32).